The zero-order valence-corrected chi connectivity index (χ0v) is 11.6. The number of amides is 1. The lowest BCUT2D eigenvalue weighted by Crippen LogP contribution is -2.53. The van der Waals surface area contributed by atoms with Crippen molar-refractivity contribution in [3.63, 3.8) is 0 Å². The molecule has 0 spiro atoms. The largest absolute Gasteiger partial charge is 0.389 e. The Labute approximate surface area is 109 Å². The minimum atomic E-state index is -0.646. The van der Waals surface area contributed by atoms with E-state index in [0.29, 0.717) is 13.0 Å². The lowest BCUT2D eigenvalue weighted by Gasteiger charge is -2.39. The monoisotopic (exact) mass is 258 g/mol. The van der Waals surface area contributed by atoms with E-state index >= 15 is 0 Å². The van der Waals surface area contributed by atoms with Crippen LogP contribution in [0, 0.1) is 0 Å². The number of hydrogen-bond acceptors (Lipinski definition) is 5. The third-order valence-electron chi connectivity index (χ3n) is 3.28. The zero-order chi connectivity index (χ0) is 13.8. The van der Waals surface area contributed by atoms with Gasteiger partial charge < -0.3 is 5.11 Å². The van der Waals surface area contributed by atoms with Gasteiger partial charge in [0, 0.05) is 45.2 Å². The van der Waals surface area contributed by atoms with Crippen molar-refractivity contribution in [3.05, 3.63) is 0 Å². The molecule has 4 N–H and O–H groups in total. The number of carbonyl (C=O) groups is 1. The molecule has 1 atom stereocenters. The van der Waals surface area contributed by atoms with Crippen LogP contribution in [0.2, 0.25) is 0 Å². The van der Waals surface area contributed by atoms with E-state index in [0.717, 1.165) is 26.2 Å². The highest BCUT2D eigenvalue weighted by molar-refractivity contribution is 5.75. The van der Waals surface area contributed by atoms with Gasteiger partial charge in [0.1, 0.15) is 0 Å². The summed E-state index contributed by atoms with van der Waals surface area (Å²) in [6.45, 7) is 10.1. The summed E-state index contributed by atoms with van der Waals surface area (Å²) in [4.78, 5) is 15.8. The lowest BCUT2D eigenvalue weighted by atomic mass is 10.1. The topological polar surface area (TPSA) is 81.8 Å². The van der Waals surface area contributed by atoms with Crippen LogP contribution in [0.5, 0.6) is 0 Å². The molecule has 0 aromatic carbocycles. The van der Waals surface area contributed by atoms with Gasteiger partial charge in [0.05, 0.1) is 5.60 Å². The van der Waals surface area contributed by atoms with Crippen LogP contribution in [0.25, 0.3) is 0 Å². The van der Waals surface area contributed by atoms with Crippen LogP contribution in [0.4, 0.5) is 0 Å². The first-order chi connectivity index (χ1) is 8.31. The SMILES string of the molecule is CC(CC(=O)NN)N1CCN(CC(C)(C)O)CC1. The summed E-state index contributed by atoms with van der Waals surface area (Å²) in [5.41, 5.74) is 1.52. The number of nitrogens with two attached hydrogens (primary N) is 1. The predicted octanol–water partition coefficient (Wildman–Crippen LogP) is -0.857. The van der Waals surface area contributed by atoms with E-state index in [1.54, 1.807) is 0 Å². The first-order valence-electron chi connectivity index (χ1n) is 6.50. The Morgan fingerprint density at radius 2 is 1.94 bits per heavy atom. The van der Waals surface area contributed by atoms with Crippen LogP contribution in [-0.4, -0.2) is 65.2 Å². The minimum Gasteiger partial charge on any atom is -0.389 e. The van der Waals surface area contributed by atoms with Crippen molar-refractivity contribution in [1.29, 1.82) is 0 Å². The number of hydrazine groups is 1. The molecule has 0 aromatic rings. The molecule has 1 amide bonds. The maximum Gasteiger partial charge on any atom is 0.235 e. The van der Waals surface area contributed by atoms with Crippen LogP contribution < -0.4 is 11.3 Å². The highest BCUT2D eigenvalue weighted by Crippen LogP contribution is 2.12. The van der Waals surface area contributed by atoms with E-state index in [-0.39, 0.29) is 11.9 Å². The molecule has 6 heteroatoms. The second-order valence-electron chi connectivity index (χ2n) is 5.75. The predicted molar refractivity (Wildman–Crippen MR) is 70.7 cm³/mol. The first-order valence-corrected chi connectivity index (χ1v) is 6.50. The van der Waals surface area contributed by atoms with E-state index in [1.807, 2.05) is 20.8 Å². The number of rotatable bonds is 5. The third-order valence-corrected chi connectivity index (χ3v) is 3.28. The van der Waals surface area contributed by atoms with Crippen molar-refractivity contribution in [1.82, 2.24) is 15.2 Å². The van der Waals surface area contributed by atoms with Gasteiger partial charge in [-0.3, -0.25) is 20.0 Å². The molecule has 18 heavy (non-hydrogen) atoms. The summed E-state index contributed by atoms with van der Waals surface area (Å²) >= 11 is 0. The summed E-state index contributed by atoms with van der Waals surface area (Å²) < 4.78 is 0. The smallest absolute Gasteiger partial charge is 0.235 e. The molecule has 0 bridgehead atoms. The summed E-state index contributed by atoms with van der Waals surface area (Å²) in [6, 6.07) is 0.206. The third kappa shape index (κ3) is 5.30. The Kier molecular flexibility index (Phi) is 5.52. The molecule has 1 aliphatic heterocycles. The highest BCUT2D eigenvalue weighted by atomic mass is 16.3. The second kappa shape index (κ2) is 6.47. The van der Waals surface area contributed by atoms with Gasteiger partial charge in [0.15, 0.2) is 0 Å². The average Bonchev–Trinajstić information content (AvgIpc) is 2.27. The van der Waals surface area contributed by atoms with Crippen LogP contribution in [0.15, 0.2) is 0 Å². The molecular formula is C12H26N4O2. The normalized spacial score (nSPS) is 20.7. The fourth-order valence-corrected chi connectivity index (χ4v) is 2.37. The highest BCUT2D eigenvalue weighted by Gasteiger charge is 2.25. The molecule has 1 fully saturated rings. The van der Waals surface area contributed by atoms with Gasteiger partial charge >= 0.3 is 0 Å². The van der Waals surface area contributed by atoms with Crippen molar-refractivity contribution in [3.8, 4) is 0 Å². The fraction of sp³-hybridized carbons (Fsp3) is 0.917. The molecule has 6 nitrogen and oxygen atoms in total. The van der Waals surface area contributed by atoms with E-state index in [2.05, 4.69) is 15.2 Å². The molecular weight excluding hydrogens is 232 g/mol. The van der Waals surface area contributed by atoms with Gasteiger partial charge in [-0.2, -0.15) is 0 Å². The van der Waals surface area contributed by atoms with Gasteiger partial charge in [0.2, 0.25) is 5.91 Å². The molecule has 106 valence electrons. The minimum absolute atomic E-state index is 0.124. The molecule has 1 unspecified atom stereocenters. The van der Waals surface area contributed by atoms with Crippen molar-refractivity contribution in [2.24, 2.45) is 5.84 Å². The zero-order valence-electron chi connectivity index (χ0n) is 11.6. The van der Waals surface area contributed by atoms with E-state index in [4.69, 9.17) is 5.84 Å². The molecule has 1 aliphatic rings. The molecule has 0 radical (unpaired) electrons. The Morgan fingerprint density at radius 1 is 1.39 bits per heavy atom. The van der Waals surface area contributed by atoms with Crippen LogP contribution in [-0.2, 0) is 4.79 Å². The molecule has 1 saturated heterocycles. The number of hydrogen-bond donors (Lipinski definition) is 3. The Hall–Kier alpha value is -0.690. The molecule has 0 aromatic heterocycles. The summed E-state index contributed by atoms with van der Waals surface area (Å²) in [7, 11) is 0. The second-order valence-corrected chi connectivity index (χ2v) is 5.75. The fourth-order valence-electron chi connectivity index (χ4n) is 2.37. The lowest BCUT2D eigenvalue weighted by molar-refractivity contribution is -0.122. The summed E-state index contributed by atoms with van der Waals surface area (Å²) in [6.07, 6.45) is 0.433. The van der Waals surface area contributed by atoms with Gasteiger partial charge in [-0.1, -0.05) is 0 Å². The standard InChI is InChI=1S/C12H26N4O2/c1-10(8-11(17)14-13)16-6-4-15(5-7-16)9-12(2,3)18/h10,18H,4-9,13H2,1-3H3,(H,14,17). The molecule has 0 aliphatic carbocycles. The average molecular weight is 258 g/mol. The Balaban J connectivity index is 2.32. The number of carbonyl (C=O) groups excluding carboxylic acids is 1. The van der Waals surface area contributed by atoms with Crippen molar-refractivity contribution in [2.75, 3.05) is 32.7 Å². The summed E-state index contributed by atoms with van der Waals surface area (Å²) in [5, 5.41) is 9.77. The first kappa shape index (κ1) is 15.4. The van der Waals surface area contributed by atoms with Crippen molar-refractivity contribution >= 4 is 5.91 Å². The van der Waals surface area contributed by atoms with Crippen LogP contribution >= 0.6 is 0 Å². The maximum absolute atomic E-state index is 11.2. The number of aliphatic hydroxyl groups is 1. The maximum atomic E-state index is 11.2. The Morgan fingerprint density at radius 3 is 2.39 bits per heavy atom. The van der Waals surface area contributed by atoms with Gasteiger partial charge in [0.25, 0.3) is 0 Å². The molecule has 0 saturated carbocycles. The summed E-state index contributed by atoms with van der Waals surface area (Å²) in [5.74, 6) is 4.96. The van der Waals surface area contributed by atoms with Gasteiger partial charge in [-0.25, -0.2) is 5.84 Å². The number of nitrogens with zero attached hydrogens (tertiary/aromatic N) is 2. The van der Waals surface area contributed by atoms with Gasteiger partial charge in [-0.05, 0) is 20.8 Å². The number of nitrogens with one attached hydrogen (secondary N) is 1. The Bertz CT molecular complexity index is 270. The molecule has 1 rings (SSSR count). The number of piperazine rings is 1. The van der Waals surface area contributed by atoms with Crippen molar-refractivity contribution < 1.29 is 9.90 Å². The van der Waals surface area contributed by atoms with E-state index < -0.39 is 5.60 Å². The van der Waals surface area contributed by atoms with Crippen LogP contribution in [0.1, 0.15) is 27.2 Å². The quantitative estimate of drug-likeness (QED) is 0.340. The molecule has 1 heterocycles. The van der Waals surface area contributed by atoms with Crippen LogP contribution in [0.3, 0.4) is 0 Å². The van der Waals surface area contributed by atoms with Gasteiger partial charge in [-0.15, -0.1) is 0 Å². The van der Waals surface area contributed by atoms with E-state index in [1.165, 1.54) is 0 Å². The van der Waals surface area contributed by atoms with Crippen molar-refractivity contribution in [2.45, 2.75) is 38.8 Å². The van der Waals surface area contributed by atoms with E-state index in [9.17, 15) is 9.90 Å². The number of β-amino-alcohol motifs (C(OH)–C–C–N with tert-alkyl or cyclic N) is 1.